The third-order valence-electron chi connectivity index (χ3n) is 5.72. The molecule has 1 aliphatic heterocycles. The van der Waals surface area contributed by atoms with Crippen molar-refractivity contribution >= 4 is 17.7 Å². The zero-order valence-corrected chi connectivity index (χ0v) is 18.3. The second-order valence-corrected chi connectivity index (χ2v) is 8.01. The van der Waals surface area contributed by atoms with E-state index in [1.807, 2.05) is 41.3 Å². The second-order valence-electron chi connectivity index (χ2n) is 8.01. The Bertz CT molecular complexity index is 1120. The highest BCUT2D eigenvalue weighted by molar-refractivity contribution is 6.02. The normalized spacial score (nSPS) is 15.7. The zero-order chi connectivity index (χ0) is 23.0. The molecular formula is C27H26N2O4. The predicted octanol–water partition coefficient (Wildman–Crippen LogP) is 3.87. The van der Waals surface area contributed by atoms with Crippen molar-refractivity contribution < 1.29 is 19.1 Å². The number of nitrogens with zero attached hydrogens (tertiary/aromatic N) is 1. The van der Waals surface area contributed by atoms with Crippen LogP contribution in [0, 0.1) is 0 Å². The summed E-state index contributed by atoms with van der Waals surface area (Å²) in [5.74, 6) is -0.557. The molecule has 0 saturated carbocycles. The van der Waals surface area contributed by atoms with Crippen LogP contribution < -0.4 is 10.1 Å². The maximum absolute atomic E-state index is 13.1. The van der Waals surface area contributed by atoms with Crippen molar-refractivity contribution in [3.63, 3.8) is 0 Å². The van der Waals surface area contributed by atoms with Crippen molar-refractivity contribution in [1.82, 2.24) is 10.2 Å². The Kier molecular flexibility index (Phi) is 7.27. The van der Waals surface area contributed by atoms with E-state index in [9.17, 15) is 14.4 Å². The quantitative estimate of drug-likeness (QED) is 0.326. The molecular weight excluding hydrogens is 416 g/mol. The molecule has 0 aromatic heterocycles. The summed E-state index contributed by atoms with van der Waals surface area (Å²) < 4.78 is 5.52. The van der Waals surface area contributed by atoms with Gasteiger partial charge < -0.3 is 10.1 Å². The molecule has 3 aromatic rings. The molecule has 0 radical (unpaired) electrons. The second kappa shape index (κ2) is 10.7. The van der Waals surface area contributed by atoms with Crippen LogP contribution in [-0.2, 0) is 11.3 Å². The average molecular weight is 443 g/mol. The number of para-hydroxylation sites is 1. The highest BCUT2D eigenvalue weighted by Gasteiger charge is 2.32. The molecule has 4 rings (SSSR count). The number of hydrogen-bond acceptors (Lipinski definition) is 5. The molecule has 1 atom stereocenters. The van der Waals surface area contributed by atoms with Crippen LogP contribution in [0.2, 0.25) is 0 Å². The van der Waals surface area contributed by atoms with E-state index in [0.717, 1.165) is 12.0 Å². The number of hydrogen-bond donors (Lipinski definition) is 1. The standard InChI is InChI=1S/C27H26N2O4/c30-24(22-14-7-8-16-25(22)33-27(32)21-12-5-2-6-13-21)19-29-17-9-15-23(29)26(31)28-18-20-10-3-1-4-11-20/h1-8,10-14,16,23H,9,15,17-19H2,(H,28,31)/t23-/m0/s1. The summed E-state index contributed by atoms with van der Waals surface area (Å²) in [7, 11) is 0. The van der Waals surface area contributed by atoms with Crippen LogP contribution in [-0.4, -0.2) is 41.7 Å². The summed E-state index contributed by atoms with van der Waals surface area (Å²) in [6.07, 6.45) is 1.56. The Balaban J connectivity index is 1.40. The molecule has 168 valence electrons. The molecule has 1 aliphatic rings. The van der Waals surface area contributed by atoms with E-state index in [1.54, 1.807) is 48.5 Å². The molecule has 3 aromatic carbocycles. The van der Waals surface area contributed by atoms with Crippen LogP contribution >= 0.6 is 0 Å². The zero-order valence-electron chi connectivity index (χ0n) is 18.3. The number of rotatable bonds is 8. The Hall–Kier alpha value is -3.77. The number of benzene rings is 3. The van der Waals surface area contributed by atoms with Crippen LogP contribution in [0.25, 0.3) is 0 Å². The Morgan fingerprint density at radius 3 is 2.30 bits per heavy atom. The summed E-state index contributed by atoms with van der Waals surface area (Å²) in [4.78, 5) is 40.3. The SMILES string of the molecule is O=C(Oc1ccccc1C(=O)CN1CCC[C@H]1C(=O)NCc1ccccc1)c1ccccc1. The highest BCUT2D eigenvalue weighted by atomic mass is 16.5. The van der Waals surface area contributed by atoms with Gasteiger partial charge in [0.15, 0.2) is 5.78 Å². The topological polar surface area (TPSA) is 75.7 Å². The monoisotopic (exact) mass is 442 g/mol. The maximum Gasteiger partial charge on any atom is 0.343 e. The lowest BCUT2D eigenvalue weighted by atomic mass is 10.1. The van der Waals surface area contributed by atoms with Gasteiger partial charge in [0.2, 0.25) is 5.91 Å². The fraction of sp³-hybridized carbons (Fsp3) is 0.222. The fourth-order valence-corrected chi connectivity index (χ4v) is 4.00. The van der Waals surface area contributed by atoms with Crippen LogP contribution in [0.4, 0.5) is 0 Å². The van der Waals surface area contributed by atoms with Gasteiger partial charge in [0, 0.05) is 6.54 Å². The average Bonchev–Trinajstić information content (AvgIpc) is 3.32. The minimum atomic E-state index is -0.518. The van der Waals surface area contributed by atoms with E-state index in [2.05, 4.69) is 5.32 Å². The van der Waals surface area contributed by atoms with Crippen LogP contribution in [0.3, 0.4) is 0 Å². The Morgan fingerprint density at radius 2 is 1.55 bits per heavy atom. The number of ketones is 1. The number of esters is 1. The molecule has 6 heteroatoms. The molecule has 33 heavy (non-hydrogen) atoms. The van der Waals surface area contributed by atoms with Crippen molar-refractivity contribution in [3.05, 3.63) is 102 Å². The van der Waals surface area contributed by atoms with Crippen molar-refractivity contribution in [3.8, 4) is 5.75 Å². The van der Waals surface area contributed by atoms with Crippen molar-refractivity contribution in [1.29, 1.82) is 0 Å². The molecule has 0 spiro atoms. The first-order chi connectivity index (χ1) is 16.1. The van der Waals surface area contributed by atoms with Gasteiger partial charge in [-0.1, -0.05) is 60.7 Å². The number of ether oxygens (including phenoxy) is 1. The van der Waals surface area contributed by atoms with E-state index in [-0.39, 0.29) is 30.0 Å². The first-order valence-corrected chi connectivity index (χ1v) is 11.1. The van der Waals surface area contributed by atoms with Gasteiger partial charge in [-0.25, -0.2) is 4.79 Å². The molecule has 1 fully saturated rings. The number of nitrogens with one attached hydrogen (secondary N) is 1. The van der Waals surface area contributed by atoms with Crippen LogP contribution in [0.1, 0.15) is 39.1 Å². The predicted molar refractivity (Wildman–Crippen MR) is 125 cm³/mol. The molecule has 1 heterocycles. The number of Topliss-reactive ketones (excluding diaryl/α,β-unsaturated/α-hetero) is 1. The molecule has 1 amide bonds. The lowest BCUT2D eigenvalue weighted by molar-refractivity contribution is -0.125. The van der Waals surface area contributed by atoms with E-state index >= 15 is 0 Å². The summed E-state index contributed by atoms with van der Waals surface area (Å²) in [6, 6.07) is 24.7. The summed E-state index contributed by atoms with van der Waals surface area (Å²) in [5, 5.41) is 2.98. The summed E-state index contributed by atoms with van der Waals surface area (Å²) in [6.45, 7) is 1.21. The highest BCUT2D eigenvalue weighted by Crippen LogP contribution is 2.23. The number of carbonyl (C=O) groups excluding carboxylic acids is 3. The molecule has 0 bridgehead atoms. The van der Waals surface area contributed by atoms with E-state index in [4.69, 9.17) is 4.74 Å². The third-order valence-corrected chi connectivity index (χ3v) is 5.72. The van der Waals surface area contributed by atoms with Gasteiger partial charge in [0.25, 0.3) is 0 Å². The number of likely N-dealkylation sites (tertiary alicyclic amines) is 1. The van der Waals surface area contributed by atoms with E-state index in [0.29, 0.717) is 30.6 Å². The molecule has 0 unspecified atom stereocenters. The van der Waals surface area contributed by atoms with Gasteiger partial charge in [-0.2, -0.15) is 0 Å². The maximum atomic E-state index is 13.1. The largest absolute Gasteiger partial charge is 0.422 e. The van der Waals surface area contributed by atoms with Crippen molar-refractivity contribution in [2.75, 3.05) is 13.1 Å². The lowest BCUT2D eigenvalue weighted by Crippen LogP contribution is -2.44. The first kappa shape index (κ1) is 22.4. The van der Waals surface area contributed by atoms with Crippen LogP contribution in [0.15, 0.2) is 84.9 Å². The van der Waals surface area contributed by atoms with Crippen LogP contribution in [0.5, 0.6) is 5.75 Å². The minimum Gasteiger partial charge on any atom is -0.422 e. The summed E-state index contributed by atoms with van der Waals surface area (Å²) >= 11 is 0. The molecule has 0 aliphatic carbocycles. The van der Waals surface area contributed by atoms with Gasteiger partial charge in [-0.15, -0.1) is 0 Å². The van der Waals surface area contributed by atoms with Crippen molar-refractivity contribution in [2.24, 2.45) is 0 Å². The van der Waals surface area contributed by atoms with Gasteiger partial charge in [-0.3, -0.25) is 14.5 Å². The smallest absolute Gasteiger partial charge is 0.343 e. The third kappa shape index (κ3) is 5.73. The first-order valence-electron chi connectivity index (χ1n) is 11.1. The molecule has 1 saturated heterocycles. The number of carbonyl (C=O) groups is 3. The Morgan fingerprint density at radius 1 is 0.879 bits per heavy atom. The van der Waals surface area contributed by atoms with Gasteiger partial charge in [0.1, 0.15) is 5.75 Å². The van der Waals surface area contributed by atoms with Gasteiger partial charge in [0.05, 0.1) is 23.7 Å². The van der Waals surface area contributed by atoms with Crippen molar-refractivity contribution in [2.45, 2.75) is 25.4 Å². The van der Waals surface area contributed by atoms with E-state index < -0.39 is 5.97 Å². The molecule has 6 nitrogen and oxygen atoms in total. The summed E-state index contributed by atoms with van der Waals surface area (Å²) in [5.41, 5.74) is 1.77. The minimum absolute atomic E-state index is 0.0760. The molecule has 1 N–H and O–H groups in total. The Labute approximate surface area is 193 Å². The van der Waals surface area contributed by atoms with Gasteiger partial charge >= 0.3 is 5.97 Å². The fourth-order valence-electron chi connectivity index (χ4n) is 4.00. The van der Waals surface area contributed by atoms with E-state index in [1.165, 1.54) is 0 Å². The number of amides is 1. The lowest BCUT2D eigenvalue weighted by Gasteiger charge is -2.23. The van der Waals surface area contributed by atoms with Gasteiger partial charge in [-0.05, 0) is 49.2 Å².